The quantitative estimate of drug-likeness (QED) is 0.549. The molecule has 25 heavy (non-hydrogen) atoms. The van der Waals surface area contributed by atoms with E-state index in [0.717, 1.165) is 32.1 Å². The van der Waals surface area contributed by atoms with Crippen molar-refractivity contribution >= 4 is 11.9 Å². The lowest BCUT2D eigenvalue weighted by Gasteiger charge is -2.64. The maximum Gasteiger partial charge on any atom is 0.333 e. The van der Waals surface area contributed by atoms with Gasteiger partial charge in [0.15, 0.2) is 0 Å². The standard InChI is InChI=1S/C21H30O4/c1-13(2)17(22)24-19(5,6)20-8-15-7-16(9-20)11-21(10-15,12-20)25-18(23)14(3)4/h15-16H,1,3,7-12H2,2,4-6H3. The summed E-state index contributed by atoms with van der Waals surface area (Å²) in [5.41, 5.74) is -0.314. The highest BCUT2D eigenvalue weighted by Gasteiger charge is 2.65. The predicted molar refractivity (Wildman–Crippen MR) is 95.7 cm³/mol. The molecular formula is C21H30O4. The van der Waals surface area contributed by atoms with Gasteiger partial charge in [0.2, 0.25) is 0 Å². The number of ether oxygens (including phenoxy) is 2. The second-order valence-corrected chi connectivity index (χ2v) is 9.27. The maximum atomic E-state index is 12.2. The molecule has 0 aliphatic heterocycles. The molecule has 0 aromatic heterocycles. The Morgan fingerprint density at radius 2 is 1.48 bits per heavy atom. The van der Waals surface area contributed by atoms with Gasteiger partial charge in [-0.15, -0.1) is 0 Å². The van der Waals surface area contributed by atoms with E-state index in [2.05, 4.69) is 13.2 Å². The van der Waals surface area contributed by atoms with Crippen molar-refractivity contribution in [3.05, 3.63) is 24.3 Å². The SMILES string of the molecule is C=C(C)C(=O)OC12CC3CC(C1)CC(C(C)(C)OC(=O)C(=C)C)(C3)C2. The summed E-state index contributed by atoms with van der Waals surface area (Å²) in [5.74, 6) is 0.423. The highest BCUT2D eigenvalue weighted by atomic mass is 16.6. The topological polar surface area (TPSA) is 52.6 Å². The highest BCUT2D eigenvalue weighted by molar-refractivity contribution is 5.87. The van der Waals surface area contributed by atoms with Gasteiger partial charge in [0.1, 0.15) is 11.2 Å². The third-order valence-electron chi connectivity index (χ3n) is 6.64. The van der Waals surface area contributed by atoms with Gasteiger partial charge in [-0.2, -0.15) is 0 Å². The maximum absolute atomic E-state index is 12.2. The van der Waals surface area contributed by atoms with E-state index in [4.69, 9.17) is 9.47 Å². The van der Waals surface area contributed by atoms with Gasteiger partial charge in [-0.3, -0.25) is 0 Å². The molecule has 0 heterocycles. The minimum absolute atomic E-state index is 0.141. The molecule has 4 aliphatic rings. The zero-order valence-electron chi connectivity index (χ0n) is 15.9. The van der Waals surface area contributed by atoms with E-state index in [0.29, 0.717) is 23.0 Å². The molecule has 4 bridgehead atoms. The van der Waals surface area contributed by atoms with Gasteiger partial charge in [0.05, 0.1) is 0 Å². The molecule has 0 aromatic carbocycles. The number of carbonyl (C=O) groups is 2. The molecule has 0 saturated heterocycles. The summed E-state index contributed by atoms with van der Waals surface area (Å²) in [5, 5.41) is 0. The fourth-order valence-corrected chi connectivity index (χ4v) is 5.71. The summed E-state index contributed by atoms with van der Waals surface area (Å²) in [6.45, 7) is 14.8. The van der Waals surface area contributed by atoms with E-state index in [1.54, 1.807) is 13.8 Å². The van der Waals surface area contributed by atoms with E-state index in [1.165, 1.54) is 6.42 Å². The first kappa shape index (κ1) is 18.2. The van der Waals surface area contributed by atoms with Crippen LogP contribution < -0.4 is 0 Å². The fourth-order valence-electron chi connectivity index (χ4n) is 5.71. The van der Waals surface area contributed by atoms with Crippen LogP contribution in [-0.4, -0.2) is 23.1 Å². The van der Waals surface area contributed by atoms with E-state index < -0.39 is 11.2 Å². The van der Waals surface area contributed by atoms with Crippen molar-refractivity contribution in [1.82, 2.24) is 0 Å². The lowest BCUT2D eigenvalue weighted by molar-refractivity contribution is -0.239. The summed E-state index contributed by atoms with van der Waals surface area (Å²) in [6, 6.07) is 0. The van der Waals surface area contributed by atoms with E-state index in [9.17, 15) is 9.59 Å². The third-order valence-corrected chi connectivity index (χ3v) is 6.64. The van der Waals surface area contributed by atoms with Gasteiger partial charge in [0.25, 0.3) is 0 Å². The number of hydrogen-bond donors (Lipinski definition) is 0. The molecular weight excluding hydrogens is 316 g/mol. The third kappa shape index (κ3) is 3.04. The Morgan fingerprint density at radius 1 is 0.960 bits per heavy atom. The first-order chi connectivity index (χ1) is 11.5. The summed E-state index contributed by atoms with van der Waals surface area (Å²) in [7, 11) is 0. The average molecular weight is 346 g/mol. The molecule has 4 nitrogen and oxygen atoms in total. The normalized spacial score (nSPS) is 36.0. The van der Waals surface area contributed by atoms with E-state index >= 15 is 0 Å². The lowest BCUT2D eigenvalue weighted by Crippen LogP contribution is -2.64. The van der Waals surface area contributed by atoms with Crippen LogP contribution in [0.4, 0.5) is 0 Å². The molecule has 2 atom stereocenters. The number of hydrogen-bond acceptors (Lipinski definition) is 4. The second-order valence-electron chi connectivity index (χ2n) is 9.27. The smallest absolute Gasteiger partial charge is 0.333 e. The van der Waals surface area contributed by atoms with Gasteiger partial charge >= 0.3 is 11.9 Å². The number of rotatable bonds is 5. The molecule has 0 aromatic rings. The Morgan fingerprint density at radius 3 is 1.96 bits per heavy atom. The molecule has 0 radical (unpaired) electrons. The molecule has 0 amide bonds. The Hall–Kier alpha value is -1.58. The first-order valence-corrected chi connectivity index (χ1v) is 9.25. The molecule has 138 valence electrons. The molecule has 4 heteroatoms. The molecule has 4 rings (SSSR count). The van der Waals surface area contributed by atoms with Gasteiger partial charge in [0, 0.05) is 16.6 Å². The molecule has 0 N–H and O–H groups in total. The van der Waals surface area contributed by atoms with Gasteiger partial charge in [-0.25, -0.2) is 9.59 Å². The molecule has 0 spiro atoms. The second kappa shape index (κ2) is 5.72. The average Bonchev–Trinajstić information content (AvgIpc) is 2.44. The lowest BCUT2D eigenvalue weighted by atomic mass is 9.44. The summed E-state index contributed by atoms with van der Waals surface area (Å²) >= 11 is 0. The minimum Gasteiger partial charge on any atom is -0.456 e. The minimum atomic E-state index is -0.609. The largest absolute Gasteiger partial charge is 0.456 e. The van der Waals surface area contributed by atoms with Crippen LogP contribution in [0.15, 0.2) is 24.3 Å². The van der Waals surface area contributed by atoms with Crippen molar-refractivity contribution in [2.24, 2.45) is 17.3 Å². The highest BCUT2D eigenvalue weighted by Crippen LogP contribution is 2.66. The first-order valence-electron chi connectivity index (χ1n) is 9.25. The summed E-state index contributed by atoms with van der Waals surface area (Å²) < 4.78 is 11.9. The number of esters is 2. The van der Waals surface area contributed by atoms with Crippen LogP contribution in [0.2, 0.25) is 0 Å². The Labute approximate surface area is 150 Å². The fraction of sp³-hybridized carbons (Fsp3) is 0.714. The van der Waals surface area contributed by atoms with Crippen molar-refractivity contribution in [3.8, 4) is 0 Å². The van der Waals surface area contributed by atoms with Crippen molar-refractivity contribution < 1.29 is 19.1 Å². The summed E-state index contributed by atoms with van der Waals surface area (Å²) in [6.07, 6.45) is 5.88. The van der Waals surface area contributed by atoms with Crippen molar-refractivity contribution in [1.29, 1.82) is 0 Å². The van der Waals surface area contributed by atoms with Crippen molar-refractivity contribution in [3.63, 3.8) is 0 Å². The van der Waals surface area contributed by atoms with E-state index in [1.807, 2.05) is 13.8 Å². The molecule has 4 fully saturated rings. The molecule has 2 unspecified atom stereocenters. The van der Waals surface area contributed by atoms with Crippen LogP contribution in [0, 0.1) is 17.3 Å². The van der Waals surface area contributed by atoms with Crippen LogP contribution >= 0.6 is 0 Å². The summed E-state index contributed by atoms with van der Waals surface area (Å²) in [4.78, 5) is 24.4. The van der Waals surface area contributed by atoms with Crippen molar-refractivity contribution in [2.45, 2.75) is 77.4 Å². The van der Waals surface area contributed by atoms with Crippen molar-refractivity contribution in [2.75, 3.05) is 0 Å². The van der Waals surface area contributed by atoms with Crippen LogP contribution in [0.5, 0.6) is 0 Å². The number of carbonyl (C=O) groups excluding carboxylic acids is 2. The van der Waals surface area contributed by atoms with Crippen LogP contribution in [-0.2, 0) is 19.1 Å². The van der Waals surface area contributed by atoms with Gasteiger partial charge in [-0.05, 0) is 78.1 Å². The van der Waals surface area contributed by atoms with Crippen LogP contribution in [0.1, 0.15) is 66.2 Å². The zero-order valence-corrected chi connectivity index (χ0v) is 15.9. The van der Waals surface area contributed by atoms with E-state index in [-0.39, 0.29) is 17.4 Å². The Bertz CT molecular complexity index is 628. The zero-order chi connectivity index (χ0) is 18.6. The van der Waals surface area contributed by atoms with Crippen LogP contribution in [0.3, 0.4) is 0 Å². The molecule has 4 saturated carbocycles. The van der Waals surface area contributed by atoms with Gasteiger partial charge < -0.3 is 9.47 Å². The van der Waals surface area contributed by atoms with Gasteiger partial charge in [-0.1, -0.05) is 13.2 Å². The Kier molecular flexibility index (Phi) is 4.17. The van der Waals surface area contributed by atoms with Crippen LogP contribution in [0.25, 0.3) is 0 Å². The predicted octanol–water partition coefficient (Wildman–Crippen LogP) is 4.34. The Balaban J connectivity index is 1.89. The molecule has 4 aliphatic carbocycles. The monoisotopic (exact) mass is 346 g/mol.